The zero-order valence-corrected chi connectivity index (χ0v) is 21.5. The number of hydrogen-bond donors (Lipinski definition) is 0. The molecule has 0 spiro atoms. The molecule has 2 aliphatic rings. The van der Waals surface area contributed by atoms with Gasteiger partial charge in [-0.05, 0) is 61.4 Å². The molecule has 29 heavy (non-hydrogen) atoms. The van der Waals surface area contributed by atoms with Gasteiger partial charge in [-0.3, -0.25) is 0 Å². The Balaban J connectivity index is 1.34. The van der Waals surface area contributed by atoms with Gasteiger partial charge in [0, 0.05) is 0 Å². The van der Waals surface area contributed by atoms with E-state index in [1.807, 2.05) is 0 Å². The molecule has 0 N–H and O–H groups in total. The average molecular weight is 423 g/mol. The Kier molecular flexibility index (Phi) is 14.3. The van der Waals surface area contributed by atoms with Crippen LogP contribution in [0.3, 0.4) is 0 Å². The maximum atomic E-state index is 2.57. The molecule has 0 aromatic carbocycles. The van der Waals surface area contributed by atoms with E-state index in [0.29, 0.717) is 7.92 Å². The van der Waals surface area contributed by atoms with E-state index in [1.165, 1.54) is 103 Å². The Hall–Kier alpha value is 0.430. The lowest BCUT2D eigenvalue weighted by atomic mass is 9.76. The zero-order valence-electron chi connectivity index (χ0n) is 20.6. The molecule has 2 bridgehead atoms. The summed E-state index contributed by atoms with van der Waals surface area (Å²) >= 11 is 0. The highest BCUT2D eigenvalue weighted by Gasteiger charge is 2.39. The topological polar surface area (TPSA) is 0 Å². The van der Waals surface area contributed by atoms with Crippen LogP contribution >= 0.6 is 7.92 Å². The Morgan fingerprint density at radius 2 is 1.07 bits per heavy atom. The van der Waals surface area contributed by atoms with Crippen LogP contribution < -0.4 is 0 Å². The van der Waals surface area contributed by atoms with E-state index in [-0.39, 0.29) is 0 Å². The normalized spacial score (nSPS) is 29.3. The van der Waals surface area contributed by atoms with Crippen LogP contribution in [-0.2, 0) is 0 Å². The van der Waals surface area contributed by atoms with Crippen molar-refractivity contribution in [3.8, 4) is 0 Å². The van der Waals surface area contributed by atoms with Gasteiger partial charge in [-0.2, -0.15) is 0 Å². The van der Waals surface area contributed by atoms with Gasteiger partial charge in [-0.1, -0.05) is 117 Å². The molecular formula is C28H55P. The first-order chi connectivity index (χ1) is 14.2. The first kappa shape index (κ1) is 25.7. The number of rotatable bonds is 17. The van der Waals surface area contributed by atoms with Gasteiger partial charge in [-0.25, -0.2) is 0 Å². The van der Waals surface area contributed by atoms with Crippen LogP contribution in [0.4, 0.5) is 0 Å². The van der Waals surface area contributed by atoms with E-state index in [4.69, 9.17) is 0 Å². The Morgan fingerprint density at radius 3 is 1.59 bits per heavy atom. The van der Waals surface area contributed by atoms with Gasteiger partial charge in [0.05, 0.1) is 0 Å². The largest absolute Gasteiger partial charge is 0.103 e. The molecule has 172 valence electrons. The molecule has 1 saturated heterocycles. The maximum absolute atomic E-state index is 2.57. The van der Waals surface area contributed by atoms with Crippen molar-refractivity contribution >= 4 is 7.92 Å². The molecule has 5 unspecified atom stereocenters. The highest BCUT2D eigenvalue weighted by molar-refractivity contribution is 7.58. The third-order valence-corrected chi connectivity index (χ3v) is 11.9. The summed E-state index contributed by atoms with van der Waals surface area (Å²) in [6.07, 6.45) is 31.8. The summed E-state index contributed by atoms with van der Waals surface area (Å²) in [5.74, 6) is 3.19. The van der Waals surface area contributed by atoms with Gasteiger partial charge >= 0.3 is 0 Å². The fourth-order valence-electron chi connectivity index (χ4n) is 6.13. The lowest BCUT2D eigenvalue weighted by Crippen LogP contribution is -2.37. The molecule has 0 aromatic heterocycles. The molecule has 1 heterocycles. The number of unbranched alkanes of at least 4 members (excludes halogenated alkanes) is 15. The van der Waals surface area contributed by atoms with Crippen molar-refractivity contribution in [3.63, 3.8) is 0 Å². The molecule has 2 rings (SSSR count). The third kappa shape index (κ3) is 10.5. The van der Waals surface area contributed by atoms with Crippen molar-refractivity contribution in [2.24, 2.45) is 17.8 Å². The van der Waals surface area contributed by atoms with Crippen molar-refractivity contribution < 1.29 is 0 Å². The first-order valence-corrected chi connectivity index (χ1v) is 15.7. The van der Waals surface area contributed by atoms with Gasteiger partial charge in [-0.15, -0.1) is 7.92 Å². The van der Waals surface area contributed by atoms with Gasteiger partial charge in [0.25, 0.3) is 0 Å². The molecule has 0 radical (unpaired) electrons. The summed E-state index contributed by atoms with van der Waals surface area (Å²) in [6.45, 7) is 7.45. The molecule has 2 fully saturated rings. The Labute approximate surface area is 186 Å². The predicted octanol–water partition coefficient (Wildman–Crippen LogP) is 10.2. The Bertz CT molecular complexity index is 379. The molecule has 1 saturated carbocycles. The van der Waals surface area contributed by atoms with Crippen molar-refractivity contribution in [1.82, 2.24) is 0 Å². The van der Waals surface area contributed by atoms with E-state index in [1.54, 1.807) is 31.6 Å². The zero-order chi connectivity index (χ0) is 20.7. The molecule has 1 heteroatoms. The SMILES string of the molecule is CCCCCCCCCCCCCCCCCCP1CC(C)C2CCC(C)C1C2. The van der Waals surface area contributed by atoms with Gasteiger partial charge in [0.15, 0.2) is 0 Å². The second kappa shape index (κ2) is 16.1. The molecular weight excluding hydrogens is 367 g/mol. The van der Waals surface area contributed by atoms with E-state index >= 15 is 0 Å². The standard InChI is InChI=1S/C28H55P/c1-4-5-6-7-8-9-10-11-12-13-14-15-16-17-18-19-22-29-24-26(3)27-21-20-25(2)28(29)23-27/h25-28H,4-24H2,1-3H3. The minimum atomic E-state index is 0.368. The predicted molar refractivity (Wildman–Crippen MR) is 136 cm³/mol. The quantitative estimate of drug-likeness (QED) is 0.161. The van der Waals surface area contributed by atoms with Crippen molar-refractivity contribution in [2.75, 3.05) is 12.3 Å². The maximum Gasteiger partial charge on any atom is -0.0181 e. The highest BCUT2D eigenvalue weighted by atomic mass is 31.1. The molecule has 0 amide bonds. The molecule has 0 nitrogen and oxygen atoms in total. The van der Waals surface area contributed by atoms with E-state index in [2.05, 4.69) is 20.8 Å². The number of hydrogen-bond acceptors (Lipinski definition) is 0. The van der Waals surface area contributed by atoms with Crippen LogP contribution in [0.15, 0.2) is 0 Å². The summed E-state index contributed by atoms with van der Waals surface area (Å²) in [7, 11) is 0.368. The second-order valence-corrected chi connectivity index (χ2v) is 13.5. The van der Waals surface area contributed by atoms with Crippen LogP contribution in [0.1, 0.15) is 143 Å². The van der Waals surface area contributed by atoms with Crippen molar-refractivity contribution in [2.45, 2.75) is 148 Å². The molecule has 5 atom stereocenters. The van der Waals surface area contributed by atoms with Crippen LogP contribution in [0.5, 0.6) is 0 Å². The van der Waals surface area contributed by atoms with Crippen LogP contribution in [0.25, 0.3) is 0 Å². The van der Waals surface area contributed by atoms with E-state index < -0.39 is 0 Å². The van der Waals surface area contributed by atoms with Gasteiger partial charge in [0.2, 0.25) is 0 Å². The third-order valence-electron chi connectivity index (χ3n) is 8.29. The molecule has 0 aromatic rings. The monoisotopic (exact) mass is 422 g/mol. The average Bonchev–Trinajstić information content (AvgIpc) is 2.72. The fraction of sp³-hybridized carbons (Fsp3) is 1.00. The fourth-order valence-corrected chi connectivity index (χ4v) is 10.0. The highest BCUT2D eigenvalue weighted by Crippen LogP contribution is 2.58. The van der Waals surface area contributed by atoms with Gasteiger partial charge in [0.1, 0.15) is 0 Å². The molecule has 1 aliphatic carbocycles. The van der Waals surface area contributed by atoms with Crippen LogP contribution in [0.2, 0.25) is 0 Å². The van der Waals surface area contributed by atoms with Crippen molar-refractivity contribution in [3.05, 3.63) is 0 Å². The summed E-state index contributed by atoms with van der Waals surface area (Å²) in [5, 5.41) is 0. The smallest absolute Gasteiger partial charge is 0.0181 e. The van der Waals surface area contributed by atoms with E-state index in [9.17, 15) is 0 Å². The number of fused-ring (bicyclic) bond motifs is 2. The molecule has 1 aliphatic heterocycles. The minimum Gasteiger partial charge on any atom is -0.103 e. The van der Waals surface area contributed by atoms with Gasteiger partial charge < -0.3 is 0 Å². The lowest BCUT2D eigenvalue weighted by Gasteiger charge is -2.47. The summed E-state index contributed by atoms with van der Waals surface area (Å²) in [5.41, 5.74) is 1.15. The second-order valence-electron chi connectivity index (χ2n) is 10.9. The summed E-state index contributed by atoms with van der Waals surface area (Å²) in [6, 6.07) is 0. The van der Waals surface area contributed by atoms with E-state index in [0.717, 1.165) is 23.4 Å². The summed E-state index contributed by atoms with van der Waals surface area (Å²) < 4.78 is 0. The van der Waals surface area contributed by atoms with Crippen molar-refractivity contribution in [1.29, 1.82) is 0 Å². The minimum absolute atomic E-state index is 0.368. The van der Waals surface area contributed by atoms with Crippen LogP contribution in [0, 0.1) is 17.8 Å². The lowest BCUT2D eigenvalue weighted by molar-refractivity contribution is 0.226. The Morgan fingerprint density at radius 1 is 0.586 bits per heavy atom. The summed E-state index contributed by atoms with van der Waals surface area (Å²) in [4.78, 5) is 0. The first-order valence-electron chi connectivity index (χ1n) is 14.0. The van der Waals surface area contributed by atoms with Crippen LogP contribution in [-0.4, -0.2) is 18.0 Å².